The zero-order valence-corrected chi connectivity index (χ0v) is 11.6. The van der Waals surface area contributed by atoms with Crippen LogP contribution in [0.1, 0.15) is 13.3 Å². The van der Waals surface area contributed by atoms with E-state index in [9.17, 15) is 4.79 Å². The van der Waals surface area contributed by atoms with Crippen LogP contribution in [0.3, 0.4) is 0 Å². The second kappa shape index (κ2) is 6.62. The highest BCUT2D eigenvalue weighted by molar-refractivity contribution is 14.1. The summed E-state index contributed by atoms with van der Waals surface area (Å²) in [5, 5.41) is 2.60. The zero-order chi connectivity index (χ0) is 12.0. The Balaban J connectivity index is 2.76. The predicted octanol–water partition coefficient (Wildman–Crippen LogP) is 1.04. The smallest absolute Gasteiger partial charge is 0.239 e. The van der Waals surface area contributed by atoms with E-state index >= 15 is 0 Å². The maximum atomic E-state index is 11.3. The van der Waals surface area contributed by atoms with Crippen molar-refractivity contribution in [1.29, 1.82) is 0 Å². The Morgan fingerprint density at radius 1 is 1.50 bits per heavy atom. The minimum Gasteiger partial charge on any atom is -0.358 e. The van der Waals surface area contributed by atoms with Crippen LogP contribution in [-0.4, -0.2) is 36.0 Å². The highest BCUT2D eigenvalue weighted by Gasteiger charge is 2.11. The Kier molecular flexibility index (Phi) is 5.44. The van der Waals surface area contributed by atoms with Gasteiger partial charge in [-0.3, -0.25) is 4.79 Å². The van der Waals surface area contributed by atoms with E-state index < -0.39 is 0 Å². The first kappa shape index (κ1) is 13.1. The van der Waals surface area contributed by atoms with Crippen molar-refractivity contribution < 1.29 is 4.79 Å². The third-order valence-electron chi connectivity index (χ3n) is 2.00. The molecular weight excluding hydrogens is 319 g/mol. The Morgan fingerprint density at radius 2 is 2.12 bits per heavy atom. The van der Waals surface area contributed by atoms with Gasteiger partial charge in [0.2, 0.25) is 11.9 Å². The molecule has 1 aromatic heterocycles. The maximum Gasteiger partial charge on any atom is 0.239 e. The average Bonchev–Trinajstić information content (AvgIpc) is 2.29. The molecule has 1 N–H and O–H groups in total. The van der Waals surface area contributed by atoms with Crippen LogP contribution >= 0.6 is 22.6 Å². The van der Waals surface area contributed by atoms with Crippen LogP contribution in [0.2, 0.25) is 0 Å². The van der Waals surface area contributed by atoms with Gasteiger partial charge in [-0.2, -0.15) is 0 Å². The van der Waals surface area contributed by atoms with Crippen molar-refractivity contribution >= 4 is 34.4 Å². The number of hydrogen-bond acceptors (Lipinski definition) is 4. The van der Waals surface area contributed by atoms with Crippen molar-refractivity contribution in [2.45, 2.75) is 13.3 Å². The maximum absolute atomic E-state index is 11.3. The average molecular weight is 334 g/mol. The van der Waals surface area contributed by atoms with Crippen molar-refractivity contribution in [2.75, 3.05) is 25.0 Å². The summed E-state index contributed by atoms with van der Waals surface area (Å²) < 4.78 is 0.984. The molecule has 6 heteroatoms. The second-order valence-corrected chi connectivity index (χ2v) is 4.54. The molecule has 0 atom stereocenters. The molecule has 0 aliphatic heterocycles. The van der Waals surface area contributed by atoms with Crippen molar-refractivity contribution in [3.8, 4) is 0 Å². The number of carbonyl (C=O) groups is 1. The third kappa shape index (κ3) is 3.92. The Bertz CT molecular complexity index is 341. The Hall–Kier alpha value is -0.920. The van der Waals surface area contributed by atoms with Gasteiger partial charge in [0.1, 0.15) is 0 Å². The van der Waals surface area contributed by atoms with Gasteiger partial charge in [0.15, 0.2) is 0 Å². The summed E-state index contributed by atoms with van der Waals surface area (Å²) >= 11 is 2.15. The van der Waals surface area contributed by atoms with Crippen molar-refractivity contribution in [2.24, 2.45) is 0 Å². The second-order valence-electron chi connectivity index (χ2n) is 3.30. The van der Waals surface area contributed by atoms with Crippen LogP contribution < -0.4 is 10.2 Å². The van der Waals surface area contributed by atoms with E-state index in [0.29, 0.717) is 12.5 Å². The molecule has 1 rings (SSSR count). The molecule has 16 heavy (non-hydrogen) atoms. The van der Waals surface area contributed by atoms with E-state index in [4.69, 9.17) is 0 Å². The lowest BCUT2D eigenvalue weighted by Gasteiger charge is -2.20. The van der Waals surface area contributed by atoms with Gasteiger partial charge in [0, 0.05) is 29.6 Å². The number of amides is 1. The van der Waals surface area contributed by atoms with Crippen LogP contribution in [0.5, 0.6) is 0 Å². The summed E-state index contributed by atoms with van der Waals surface area (Å²) in [5.41, 5.74) is 0. The van der Waals surface area contributed by atoms with E-state index in [1.165, 1.54) is 0 Å². The number of nitrogens with zero attached hydrogens (tertiary/aromatic N) is 3. The first-order valence-electron chi connectivity index (χ1n) is 5.10. The lowest BCUT2D eigenvalue weighted by molar-refractivity contribution is -0.119. The van der Waals surface area contributed by atoms with Crippen molar-refractivity contribution in [1.82, 2.24) is 15.3 Å². The zero-order valence-electron chi connectivity index (χ0n) is 9.40. The van der Waals surface area contributed by atoms with Crippen molar-refractivity contribution in [3.05, 3.63) is 16.0 Å². The molecule has 1 heterocycles. The standard InChI is InChI=1S/C10H15IN4O/c1-3-4-15(7-9(16)12-2)10-13-5-8(11)6-14-10/h5-6H,3-4,7H2,1-2H3,(H,12,16). The molecule has 88 valence electrons. The summed E-state index contributed by atoms with van der Waals surface area (Å²) in [6.45, 7) is 3.13. The topological polar surface area (TPSA) is 58.1 Å². The van der Waals surface area contributed by atoms with Gasteiger partial charge in [0.25, 0.3) is 0 Å². The van der Waals surface area contributed by atoms with Gasteiger partial charge in [-0.15, -0.1) is 0 Å². The van der Waals surface area contributed by atoms with Crippen LogP contribution in [0.25, 0.3) is 0 Å². The Morgan fingerprint density at radius 3 is 2.62 bits per heavy atom. The monoisotopic (exact) mass is 334 g/mol. The molecule has 0 aliphatic rings. The summed E-state index contributed by atoms with van der Waals surface area (Å²) in [6, 6.07) is 0. The normalized spacial score (nSPS) is 9.94. The van der Waals surface area contributed by atoms with Gasteiger partial charge in [-0.25, -0.2) is 9.97 Å². The van der Waals surface area contributed by atoms with E-state index in [-0.39, 0.29) is 5.91 Å². The summed E-state index contributed by atoms with van der Waals surface area (Å²) in [7, 11) is 1.63. The number of likely N-dealkylation sites (N-methyl/N-ethyl adjacent to an activating group) is 1. The number of nitrogens with one attached hydrogen (secondary N) is 1. The molecule has 0 saturated carbocycles. The number of hydrogen-bond donors (Lipinski definition) is 1. The van der Waals surface area contributed by atoms with E-state index in [1.54, 1.807) is 19.4 Å². The highest BCUT2D eigenvalue weighted by Crippen LogP contribution is 2.08. The molecule has 5 nitrogen and oxygen atoms in total. The quantitative estimate of drug-likeness (QED) is 0.818. The van der Waals surface area contributed by atoms with Gasteiger partial charge in [-0.1, -0.05) is 6.92 Å². The molecule has 0 unspecified atom stereocenters. The lowest BCUT2D eigenvalue weighted by Crippen LogP contribution is -2.37. The van der Waals surface area contributed by atoms with Gasteiger partial charge < -0.3 is 10.2 Å². The van der Waals surface area contributed by atoms with Gasteiger partial charge in [-0.05, 0) is 29.0 Å². The van der Waals surface area contributed by atoms with E-state index in [2.05, 4.69) is 44.8 Å². The van der Waals surface area contributed by atoms with Crippen LogP contribution in [0.15, 0.2) is 12.4 Å². The number of halogens is 1. The fourth-order valence-corrected chi connectivity index (χ4v) is 1.52. The molecule has 0 bridgehead atoms. The largest absolute Gasteiger partial charge is 0.358 e. The summed E-state index contributed by atoms with van der Waals surface area (Å²) in [5.74, 6) is 0.571. The summed E-state index contributed by atoms with van der Waals surface area (Å²) in [6.07, 6.45) is 4.44. The molecule has 0 saturated heterocycles. The first-order chi connectivity index (χ1) is 7.67. The van der Waals surface area contributed by atoms with E-state index in [1.807, 2.05) is 4.90 Å². The number of aromatic nitrogens is 2. The molecule has 0 aromatic carbocycles. The molecule has 1 aromatic rings. The van der Waals surface area contributed by atoms with Gasteiger partial charge >= 0.3 is 0 Å². The molecular formula is C10H15IN4O. The summed E-state index contributed by atoms with van der Waals surface area (Å²) in [4.78, 5) is 21.6. The predicted molar refractivity (Wildman–Crippen MR) is 71.3 cm³/mol. The minimum atomic E-state index is -0.0319. The van der Waals surface area contributed by atoms with Gasteiger partial charge in [0.05, 0.1) is 6.54 Å². The molecule has 0 fully saturated rings. The fraction of sp³-hybridized carbons (Fsp3) is 0.500. The molecule has 0 spiro atoms. The lowest BCUT2D eigenvalue weighted by atomic mass is 10.4. The molecule has 0 aliphatic carbocycles. The Labute approximate surface area is 109 Å². The van der Waals surface area contributed by atoms with Crippen LogP contribution in [0, 0.1) is 3.57 Å². The highest BCUT2D eigenvalue weighted by atomic mass is 127. The SMILES string of the molecule is CCCN(CC(=O)NC)c1ncc(I)cn1. The first-order valence-corrected chi connectivity index (χ1v) is 6.18. The molecule has 1 amide bonds. The minimum absolute atomic E-state index is 0.0319. The van der Waals surface area contributed by atoms with Crippen molar-refractivity contribution in [3.63, 3.8) is 0 Å². The van der Waals surface area contributed by atoms with Crippen LogP contribution in [-0.2, 0) is 4.79 Å². The van der Waals surface area contributed by atoms with E-state index in [0.717, 1.165) is 16.5 Å². The fourth-order valence-electron chi connectivity index (χ4n) is 1.24. The number of carbonyl (C=O) groups excluding carboxylic acids is 1. The number of rotatable bonds is 5. The number of anilines is 1. The molecule has 0 radical (unpaired) electrons. The third-order valence-corrected chi connectivity index (χ3v) is 2.55. The van der Waals surface area contributed by atoms with Crippen LogP contribution in [0.4, 0.5) is 5.95 Å².